The fraction of sp³-hybridized carbons (Fsp3) is 0.811. The second kappa shape index (κ2) is 30.4. The molecule has 0 fully saturated rings. The van der Waals surface area contributed by atoms with E-state index in [-0.39, 0.29) is 29.8 Å². The van der Waals surface area contributed by atoms with Gasteiger partial charge in [0.15, 0.2) is 0 Å². The highest BCUT2D eigenvalue weighted by molar-refractivity contribution is 5.99. The van der Waals surface area contributed by atoms with Gasteiger partial charge in [-0.15, -0.1) is 0 Å². The summed E-state index contributed by atoms with van der Waals surface area (Å²) in [5, 5.41) is 0. The van der Waals surface area contributed by atoms with Gasteiger partial charge in [-0.3, -0.25) is 14.4 Å². The number of hydrogen-bond donors (Lipinski definition) is 0. The monoisotopic (exact) mass is 563 g/mol. The molecule has 1 rings (SSSR count). The van der Waals surface area contributed by atoms with E-state index < -0.39 is 0 Å². The van der Waals surface area contributed by atoms with Gasteiger partial charge < -0.3 is 0 Å². The highest BCUT2D eigenvalue weighted by Crippen LogP contribution is 2.33. The summed E-state index contributed by atoms with van der Waals surface area (Å²) in [6.45, 7) is 23.1. The Kier molecular flexibility index (Phi) is 32.7. The van der Waals surface area contributed by atoms with Crippen molar-refractivity contribution in [3.05, 3.63) is 23.8 Å². The molecule has 3 heteroatoms. The van der Waals surface area contributed by atoms with Crippen molar-refractivity contribution in [2.24, 2.45) is 23.7 Å². The lowest BCUT2D eigenvalue weighted by Crippen LogP contribution is -2.27. The molecule has 0 aromatic heterocycles. The number of Topliss-reactive ketones (excluding diaryl/α,β-unsaturated/α-hetero) is 3. The largest absolute Gasteiger partial charge is 0.300 e. The molecule has 1 aliphatic carbocycles. The summed E-state index contributed by atoms with van der Waals surface area (Å²) in [7, 11) is 0. The Morgan fingerprint density at radius 1 is 0.925 bits per heavy atom. The van der Waals surface area contributed by atoms with Crippen molar-refractivity contribution in [1.29, 1.82) is 0 Å². The number of rotatable bonds is 13. The van der Waals surface area contributed by atoms with Crippen LogP contribution in [0.1, 0.15) is 172 Å². The molecular weight excluding hydrogens is 492 g/mol. The van der Waals surface area contributed by atoms with Crippen LogP contribution in [-0.2, 0) is 14.4 Å². The Hall–Kier alpha value is -1.51. The highest BCUT2D eigenvalue weighted by atomic mass is 16.1. The maximum Gasteiger partial charge on any atom is 0.143 e. The van der Waals surface area contributed by atoms with Gasteiger partial charge >= 0.3 is 0 Å². The van der Waals surface area contributed by atoms with Crippen molar-refractivity contribution < 1.29 is 14.4 Å². The summed E-state index contributed by atoms with van der Waals surface area (Å²) in [6.07, 6.45) is 21.2. The molecule has 0 aromatic carbocycles. The summed E-state index contributed by atoms with van der Waals surface area (Å²) in [5.74, 6) is 1.79. The number of carbonyl (C=O) groups is 3. The van der Waals surface area contributed by atoms with E-state index in [4.69, 9.17) is 0 Å². The first kappa shape index (κ1) is 43.0. The molecule has 0 saturated heterocycles. The molecule has 3 nitrogen and oxygen atoms in total. The first-order valence-electron chi connectivity index (χ1n) is 16.8. The molecule has 0 spiro atoms. The van der Waals surface area contributed by atoms with Crippen LogP contribution in [0.3, 0.4) is 0 Å². The van der Waals surface area contributed by atoms with Gasteiger partial charge in [0.2, 0.25) is 0 Å². The summed E-state index contributed by atoms with van der Waals surface area (Å²) in [6, 6.07) is 0. The zero-order chi connectivity index (χ0) is 31.3. The first-order chi connectivity index (χ1) is 19.0. The molecule has 0 heterocycles. The molecule has 0 amide bonds. The van der Waals surface area contributed by atoms with Crippen LogP contribution in [0, 0.1) is 23.7 Å². The van der Waals surface area contributed by atoms with Crippen molar-refractivity contribution in [2.75, 3.05) is 0 Å². The maximum absolute atomic E-state index is 12.6. The van der Waals surface area contributed by atoms with Crippen LogP contribution in [-0.4, -0.2) is 17.3 Å². The van der Waals surface area contributed by atoms with E-state index in [0.29, 0.717) is 24.5 Å². The van der Waals surface area contributed by atoms with Crippen LogP contribution in [0.5, 0.6) is 0 Å². The zero-order valence-corrected chi connectivity index (χ0v) is 28.9. The lowest BCUT2D eigenvalue weighted by molar-refractivity contribution is -0.129. The van der Waals surface area contributed by atoms with E-state index >= 15 is 0 Å². The molecule has 0 saturated carbocycles. The van der Waals surface area contributed by atoms with Crippen molar-refractivity contribution in [2.45, 2.75) is 172 Å². The van der Waals surface area contributed by atoms with E-state index in [2.05, 4.69) is 67.5 Å². The van der Waals surface area contributed by atoms with Gasteiger partial charge in [-0.1, -0.05) is 137 Å². The molecular formula is C37H70O3. The molecule has 0 bridgehead atoms. The second-order valence-corrected chi connectivity index (χ2v) is 12.2. The van der Waals surface area contributed by atoms with Gasteiger partial charge in [0.25, 0.3) is 0 Å². The molecule has 0 radical (unpaired) electrons. The lowest BCUT2D eigenvalue weighted by Gasteiger charge is -2.29. The number of ketones is 3. The van der Waals surface area contributed by atoms with Crippen LogP contribution in [0.25, 0.3) is 0 Å². The molecule has 3 atom stereocenters. The Morgan fingerprint density at radius 3 is 1.95 bits per heavy atom. The summed E-state index contributed by atoms with van der Waals surface area (Å²) in [4.78, 5) is 36.4. The number of hydrogen-bond acceptors (Lipinski definition) is 3. The maximum atomic E-state index is 12.6. The highest BCUT2D eigenvalue weighted by Gasteiger charge is 2.29. The van der Waals surface area contributed by atoms with Crippen LogP contribution in [0.2, 0.25) is 0 Å². The van der Waals surface area contributed by atoms with Crippen LogP contribution in [0.15, 0.2) is 23.8 Å². The van der Waals surface area contributed by atoms with Crippen molar-refractivity contribution >= 4 is 17.3 Å². The zero-order valence-electron chi connectivity index (χ0n) is 28.9. The third kappa shape index (κ3) is 28.0. The Bertz CT molecular complexity index is 669. The third-order valence-electron chi connectivity index (χ3n) is 7.03. The third-order valence-corrected chi connectivity index (χ3v) is 7.03. The van der Waals surface area contributed by atoms with Gasteiger partial charge in [0.1, 0.15) is 17.3 Å². The Labute approximate surface area is 251 Å². The summed E-state index contributed by atoms with van der Waals surface area (Å²) in [5.41, 5.74) is 1.11. The average Bonchev–Trinajstić information content (AvgIpc) is 2.88. The fourth-order valence-corrected chi connectivity index (χ4v) is 4.82. The fourth-order valence-electron chi connectivity index (χ4n) is 4.82. The predicted octanol–water partition coefficient (Wildman–Crippen LogP) is 11.7. The molecule has 3 unspecified atom stereocenters. The van der Waals surface area contributed by atoms with E-state index in [1.165, 1.54) is 45.4 Å². The van der Waals surface area contributed by atoms with Gasteiger partial charge in [0.05, 0.1) is 6.42 Å². The number of allylic oxidation sites excluding steroid dienone is 4. The minimum absolute atomic E-state index is 0.0506. The van der Waals surface area contributed by atoms with Crippen molar-refractivity contribution in [1.82, 2.24) is 0 Å². The lowest BCUT2D eigenvalue weighted by atomic mass is 9.75. The minimum Gasteiger partial charge on any atom is -0.300 e. The molecule has 236 valence electrons. The predicted molar refractivity (Wildman–Crippen MR) is 178 cm³/mol. The van der Waals surface area contributed by atoms with E-state index in [1.54, 1.807) is 0 Å². The molecule has 0 aliphatic heterocycles. The topological polar surface area (TPSA) is 51.2 Å². The van der Waals surface area contributed by atoms with E-state index in [9.17, 15) is 14.4 Å². The van der Waals surface area contributed by atoms with Gasteiger partial charge in [-0.25, -0.2) is 0 Å². The number of carbonyl (C=O) groups excluding carboxylic acids is 3. The second-order valence-electron chi connectivity index (χ2n) is 12.2. The van der Waals surface area contributed by atoms with Gasteiger partial charge in [0, 0.05) is 18.8 Å². The molecule has 0 N–H and O–H groups in total. The summed E-state index contributed by atoms with van der Waals surface area (Å²) >= 11 is 0. The van der Waals surface area contributed by atoms with Crippen molar-refractivity contribution in [3.8, 4) is 0 Å². The van der Waals surface area contributed by atoms with E-state index in [1.807, 2.05) is 19.9 Å². The van der Waals surface area contributed by atoms with E-state index in [0.717, 1.165) is 50.0 Å². The van der Waals surface area contributed by atoms with Crippen molar-refractivity contribution in [3.63, 3.8) is 0 Å². The smallest absolute Gasteiger partial charge is 0.143 e. The standard InChI is InChI=1S/C23H36O3.C7H16.C4H10.C3H8/c1-5-10-20(22(6-2)23(26)14-18(4)24)15-19-12-9-7-8-11-17(3)13-21(25)16-19;1-4-5-6-7(2)3;1-3-4-2;1-3-2/h7-8,11,19-20,22H,5-6,9-10,12-16H2,1-4H3;7H,4-6H2,1-3H3;3-4H2,1-2H3;3H2,1-2H3/b8-7-,17-11-;;;. The molecule has 40 heavy (non-hydrogen) atoms. The Morgan fingerprint density at radius 2 is 1.52 bits per heavy atom. The normalized spacial score (nSPS) is 18.8. The summed E-state index contributed by atoms with van der Waals surface area (Å²) < 4.78 is 0. The number of unbranched alkanes of at least 4 members (excludes halogenated alkanes) is 2. The van der Waals surface area contributed by atoms with Crippen LogP contribution < -0.4 is 0 Å². The quantitative estimate of drug-likeness (QED) is 0.210. The van der Waals surface area contributed by atoms with Gasteiger partial charge in [-0.2, -0.15) is 0 Å². The molecule has 0 aromatic rings. The molecule has 1 aliphatic rings. The SMILES string of the molecule is CCC.CCCC.CCCC(CC1CC/C=C\C=C(\C)CC(=O)C1)C(CC)C(=O)CC(C)=O.CCCCC(C)C. The average molecular weight is 563 g/mol. The van der Waals surface area contributed by atoms with Gasteiger partial charge in [-0.05, 0) is 57.3 Å². The van der Waals surface area contributed by atoms with Crippen LogP contribution in [0.4, 0.5) is 0 Å². The minimum atomic E-state index is -0.0541. The van der Waals surface area contributed by atoms with Crippen LogP contribution >= 0.6 is 0 Å². The Balaban J connectivity index is -0.000000805. The first-order valence-corrected chi connectivity index (χ1v) is 16.8.